The highest BCUT2D eigenvalue weighted by Gasteiger charge is 2.08. The van der Waals surface area contributed by atoms with Gasteiger partial charge in [0.1, 0.15) is 0 Å². The first-order valence-corrected chi connectivity index (χ1v) is 6.92. The van der Waals surface area contributed by atoms with Crippen LogP contribution in [0.4, 0.5) is 0 Å². The topological polar surface area (TPSA) is 0 Å². The van der Waals surface area contributed by atoms with E-state index in [0.717, 1.165) is 6.42 Å². The van der Waals surface area contributed by atoms with E-state index in [4.69, 9.17) is 0 Å². The van der Waals surface area contributed by atoms with Crippen LogP contribution in [0, 0.1) is 6.92 Å². The number of thioether (sulfide) groups is 1. The zero-order chi connectivity index (χ0) is 10.1. The summed E-state index contributed by atoms with van der Waals surface area (Å²) < 4.78 is 1.47. The third-order valence-electron chi connectivity index (χ3n) is 2.56. The number of hydrogen-bond donors (Lipinski definition) is 0. The first-order chi connectivity index (χ1) is 6.77. The Kier molecular flexibility index (Phi) is 2.84. The second-order valence-corrected chi connectivity index (χ2v) is 5.14. The summed E-state index contributed by atoms with van der Waals surface area (Å²) in [6, 6.07) is 4.56. The Hall–Kier alpha value is -0.470. The third-order valence-corrected chi connectivity index (χ3v) is 4.50. The Labute approximate surface area is 93.3 Å². The zero-order valence-electron chi connectivity index (χ0n) is 8.76. The van der Waals surface area contributed by atoms with E-state index in [0.29, 0.717) is 0 Å². The number of aryl methyl sites for hydroxylation is 2. The van der Waals surface area contributed by atoms with Gasteiger partial charge in [-0.1, -0.05) is 13.0 Å². The van der Waals surface area contributed by atoms with Crippen molar-refractivity contribution in [3.63, 3.8) is 0 Å². The first kappa shape index (κ1) is 10.1. The molecule has 0 aliphatic carbocycles. The first-order valence-electron chi connectivity index (χ1n) is 4.81. The summed E-state index contributed by atoms with van der Waals surface area (Å²) in [5.74, 6) is 0. The van der Waals surface area contributed by atoms with Crippen LogP contribution >= 0.6 is 23.1 Å². The van der Waals surface area contributed by atoms with E-state index in [9.17, 15) is 0 Å². The average Bonchev–Trinajstić information content (AvgIpc) is 2.66. The summed E-state index contributed by atoms with van der Waals surface area (Å²) in [5.41, 5.74) is 2.90. The summed E-state index contributed by atoms with van der Waals surface area (Å²) in [4.78, 5) is 1.48. The van der Waals surface area contributed by atoms with Crippen LogP contribution in [0.15, 0.2) is 22.4 Å². The van der Waals surface area contributed by atoms with Gasteiger partial charge in [-0.2, -0.15) is 0 Å². The molecule has 0 aliphatic heterocycles. The Morgan fingerprint density at radius 3 is 2.86 bits per heavy atom. The van der Waals surface area contributed by atoms with Gasteiger partial charge < -0.3 is 0 Å². The van der Waals surface area contributed by atoms with Crippen LogP contribution in [-0.2, 0) is 6.42 Å². The number of hydrogen-bond acceptors (Lipinski definition) is 2. The molecule has 2 rings (SSSR count). The Morgan fingerprint density at radius 2 is 2.21 bits per heavy atom. The Balaban J connectivity index is 2.82. The molecule has 1 heterocycles. The van der Waals surface area contributed by atoms with Gasteiger partial charge in [0.15, 0.2) is 0 Å². The largest absolute Gasteiger partial charge is 0.143 e. The number of fused-ring (bicyclic) bond motifs is 1. The molecule has 0 radical (unpaired) electrons. The molecule has 2 heteroatoms. The average molecular weight is 222 g/mol. The lowest BCUT2D eigenvalue weighted by Crippen LogP contribution is -1.87. The minimum Gasteiger partial charge on any atom is -0.143 e. The molecule has 74 valence electrons. The van der Waals surface area contributed by atoms with Crippen LogP contribution in [0.2, 0.25) is 0 Å². The number of rotatable bonds is 2. The molecule has 0 aliphatic rings. The van der Waals surface area contributed by atoms with E-state index >= 15 is 0 Å². The standard InChI is InChI=1S/C12H14S2/c1-4-9-7-8(2)10-5-6-14-12(10)11(9)13-3/h5-7H,4H2,1-3H3. The second-order valence-electron chi connectivity index (χ2n) is 3.40. The maximum absolute atomic E-state index is 2.33. The van der Waals surface area contributed by atoms with Crippen LogP contribution in [0.3, 0.4) is 0 Å². The molecule has 0 saturated heterocycles. The van der Waals surface area contributed by atoms with Gasteiger partial charge >= 0.3 is 0 Å². The lowest BCUT2D eigenvalue weighted by atomic mass is 10.1. The molecule has 0 bridgehead atoms. The fourth-order valence-corrected chi connectivity index (χ4v) is 3.92. The van der Waals surface area contributed by atoms with E-state index in [2.05, 4.69) is 37.6 Å². The third kappa shape index (κ3) is 1.47. The predicted octanol–water partition coefficient (Wildman–Crippen LogP) is 4.49. The fraction of sp³-hybridized carbons (Fsp3) is 0.333. The molecule has 0 fully saturated rings. The van der Waals surface area contributed by atoms with Crippen molar-refractivity contribution in [1.82, 2.24) is 0 Å². The summed E-state index contributed by atoms with van der Waals surface area (Å²) in [7, 11) is 0. The van der Waals surface area contributed by atoms with E-state index in [1.807, 2.05) is 23.1 Å². The smallest absolute Gasteiger partial charge is 0.0483 e. The SMILES string of the molecule is CCc1cc(C)c2ccsc2c1SC. The van der Waals surface area contributed by atoms with Gasteiger partial charge in [0.2, 0.25) is 0 Å². The van der Waals surface area contributed by atoms with E-state index in [1.54, 1.807) is 0 Å². The summed E-state index contributed by atoms with van der Waals surface area (Å²) in [6.45, 7) is 4.44. The molecule has 0 unspecified atom stereocenters. The van der Waals surface area contributed by atoms with E-state index < -0.39 is 0 Å². The fourth-order valence-electron chi connectivity index (χ4n) is 1.83. The van der Waals surface area contributed by atoms with Crippen LogP contribution in [0.25, 0.3) is 10.1 Å². The van der Waals surface area contributed by atoms with Gasteiger partial charge in [0.25, 0.3) is 0 Å². The molecular weight excluding hydrogens is 208 g/mol. The van der Waals surface area contributed by atoms with Crippen LogP contribution in [0.1, 0.15) is 18.1 Å². The monoisotopic (exact) mass is 222 g/mol. The molecule has 1 aromatic heterocycles. The minimum atomic E-state index is 1.13. The van der Waals surface area contributed by atoms with Gasteiger partial charge in [0, 0.05) is 9.60 Å². The zero-order valence-corrected chi connectivity index (χ0v) is 10.4. The second kappa shape index (κ2) is 3.95. The van der Waals surface area contributed by atoms with Gasteiger partial charge in [-0.3, -0.25) is 0 Å². The lowest BCUT2D eigenvalue weighted by Gasteiger charge is -2.08. The molecule has 14 heavy (non-hydrogen) atoms. The van der Waals surface area contributed by atoms with Crippen molar-refractivity contribution in [2.24, 2.45) is 0 Å². The van der Waals surface area contributed by atoms with Gasteiger partial charge in [-0.25, -0.2) is 0 Å². The molecule has 0 amide bonds. The molecule has 0 atom stereocenters. The normalized spacial score (nSPS) is 11.1. The minimum absolute atomic E-state index is 1.13. The molecule has 0 N–H and O–H groups in total. The maximum atomic E-state index is 2.33. The van der Waals surface area contributed by atoms with E-state index in [-0.39, 0.29) is 0 Å². The van der Waals surface area contributed by atoms with Crippen LogP contribution < -0.4 is 0 Å². The Bertz CT molecular complexity index is 455. The van der Waals surface area contributed by atoms with Crippen molar-refractivity contribution in [2.45, 2.75) is 25.2 Å². The van der Waals surface area contributed by atoms with E-state index in [1.165, 1.54) is 26.1 Å². The van der Waals surface area contributed by atoms with Crippen molar-refractivity contribution >= 4 is 33.2 Å². The lowest BCUT2D eigenvalue weighted by molar-refractivity contribution is 1.09. The predicted molar refractivity (Wildman–Crippen MR) is 67.7 cm³/mol. The van der Waals surface area contributed by atoms with Crippen molar-refractivity contribution in [2.75, 3.05) is 6.26 Å². The van der Waals surface area contributed by atoms with Crippen LogP contribution in [0.5, 0.6) is 0 Å². The number of thiophene rings is 1. The van der Waals surface area contributed by atoms with Crippen molar-refractivity contribution in [3.8, 4) is 0 Å². The summed E-state index contributed by atoms with van der Waals surface area (Å²) in [5, 5.41) is 3.62. The Morgan fingerprint density at radius 1 is 1.43 bits per heavy atom. The molecule has 2 aromatic rings. The van der Waals surface area contributed by atoms with Crippen molar-refractivity contribution < 1.29 is 0 Å². The van der Waals surface area contributed by atoms with Crippen molar-refractivity contribution in [3.05, 3.63) is 28.6 Å². The summed E-state index contributed by atoms with van der Waals surface area (Å²) >= 11 is 3.73. The highest BCUT2D eigenvalue weighted by Crippen LogP contribution is 2.36. The van der Waals surface area contributed by atoms with Gasteiger partial charge in [-0.15, -0.1) is 23.1 Å². The molecule has 1 aromatic carbocycles. The highest BCUT2D eigenvalue weighted by molar-refractivity contribution is 7.99. The van der Waals surface area contributed by atoms with Gasteiger partial charge in [0.05, 0.1) is 0 Å². The van der Waals surface area contributed by atoms with Gasteiger partial charge in [-0.05, 0) is 47.6 Å². The quantitative estimate of drug-likeness (QED) is 0.674. The number of benzene rings is 1. The molecule has 0 nitrogen and oxygen atoms in total. The molecule has 0 spiro atoms. The maximum Gasteiger partial charge on any atom is 0.0483 e. The molecular formula is C12H14S2. The highest BCUT2D eigenvalue weighted by atomic mass is 32.2. The van der Waals surface area contributed by atoms with Crippen LogP contribution in [-0.4, -0.2) is 6.26 Å². The van der Waals surface area contributed by atoms with Crippen molar-refractivity contribution in [1.29, 1.82) is 0 Å². The molecule has 0 saturated carbocycles. The summed E-state index contributed by atoms with van der Waals surface area (Å²) in [6.07, 6.45) is 3.30.